The van der Waals surface area contributed by atoms with Crippen LogP contribution in [0.15, 0.2) is 42.6 Å². The molecule has 5 rings (SSSR count). The van der Waals surface area contributed by atoms with Crippen LogP contribution in [0.4, 0.5) is 0 Å². The van der Waals surface area contributed by atoms with Gasteiger partial charge >= 0.3 is 0 Å². The zero-order valence-electron chi connectivity index (χ0n) is 21.1. The number of piperazine rings is 1. The zero-order valence-corrected chi connectivity index (χ0v) is 21.1. The van der Waals surface area contributed by atoms with Crippen LogP contribution in [0.25, 0.3) is 11.0 Å². The van der Waals surface area contributed by atoms with E-state index < -0.39 is 0 Å². The van der Waals surface area contributed by atoms with E-state index >= 15 is 0 Å². The summed E-state index contributed by atoms with van der Waals surface area (Å²) in [6.45, 7) is 11.5. The number of rotatable bonds is 10. The van der Waals surface area contributed by atoms with Gasteiger partial charge in [-0.1, -0.05) is 30.3 Å². The van der Waals surface area contributed by atoms with Gasteiger partial charge in [-0.15, -0.1) is 0 Å². The predicted octanol–water partition coefficient (Wildman–Crippen LogP) is 4.22. The summed E-state index contributed by atoms with van der Waals surface area (Å²) in [6, 6.07) is 12.9. The highest BCUT2D eigenvalue weighted by molar-refractivity contribution is 6.05. The van der Waals surface area contributed by atoms with Crippen molar-refractivity contribution in [3.05, 3.63) is 59.4 Å². The van der Waals surface area contributed by atoms with E-state index in [2.05, 4.69) is 64.4 Å². The van der Waals surface area contributed by atoms with Crippen LogP contribution in [0.5, 0.6) is 0 Å². The average Bonchev–Trinajstić information content (AvgIpc) is 3.63. The molecular weight excluding hydrogens is 436 g/mol. The standard InChI is InChI=1S/C28H38N6O/c1-21(2)34-27-25(19-30-34)24(18-26(31-27)23-10-11-23)28(35)29-12-6-7-13-32-14-16-33(17-15-32)20-22-8-4-3-5-9-22/h3-5,8-9,18-19,21,23H,6-7,10-17,20H2,1-2H3,(H,29,35). The SMILES string of the molecule is CC(C)n1ncc2c(C(=O)NCCCCN3CCN(Cc4ccccc4)CC3)cc(C3CC3)nc21. The van der Waals surface area contributed by atoms with E-state index in [1.54, 1.807) is 6.20 Å². The Morgan fingerprint density at radius 3 is 2.51 bits per heavy atom. The lowest BCUT2D eigenvalue weighted by molar-refractivity contribution is 0.0952. The Kier molecular flexibility index (Phi) is 7.44. The maximum absolute atomic E-state index is 13.1. The summed E-state index contributed by atoms with van der Waals surface area (Å²) in [5, 5.41) is 8.53. The van der Waals surface area contributed by atoms with Gasteiger partial charge < -0.3 is 10.2 Å². The molecule has 7 nitrogen and oxygen atoms in total. The highest BCUT2D eigenvalue weighted by atomic mass is 16.1. The fourth-order valence-electron chi connectivity index (χ4n) is 4.96. The molecule has 0 atom stereocenters. The van der Waals surface area contributed by atoms with Crippen LogP contribution in [0.1, 0.15) is 73.1 Å². The maximum atomic E-state index is 13.1. The van der Waals surface area contributed by atoms with Crippen molar-refractivity contribution in [2.75, 3.05) is 39.3 Å². The Morgan fingerprint density at radius 2 is 1.80 bits per heavy atom. The molecular formula is C28H38N6O. The van der Waals surface area contributed by atoms with Crippen molar-refractivity contribution in [1.82, 2.24) is 29.9 Å². The molecule has 1 saturated carbocycles. The highest BCUT2D eigenvalue weighted by Crippen LogP contribution is 2.40. The molecule has 1 aliphatic heterocycles. The molecule has 0 radical (unpaired) electrons. The van der Waals surface area contributed by atoms with Crippen molar-refractivity contribution in [3.8, 4) is 0 Å². The molecule has 2 aromatic heterocycles. The van der Waals surface area contributed by atoms with Gasteiger partial charge in [0.05, 0.1) is 17.1 Å². The number of fused-ring (bicyclic) bond motifs is 1. The second-order valence-electron chi connectivity index (χ2n) is 10.4. The highest BCUT2D eigenvalue weighted by Gasteiger charge is 2.28. The number of hydrogen-bond donors (Lipinski definition) is 1. The van der Waals surface area contributed by atoms with E-state index in [0.717, 1.165) is 87.2 Å². The summed E-state index contributed by atoms with van der Waals surface area (Å²) >= 11 is 0. The van der Waals surface area contributed by atoms with Crippen LogP contribution in [-0.4, -0.2) is 69.7 Å². The molecule has 7 heteroatoms. The summed E-state index contributed by atoms with van der Waals surface area (Å²) in [6.07, 6.45) is 6.21. The Bertz CT molecular complexity index is 1130. The van der Waals surface area contributed by atoms with Gasteiger partial charge in [0, 0.05) is 56.9 Å². The largest absolute Gasteiger partial charge is 0.352 e. The Hall–Kier alpha value is -2.77. The van der Waals surface area contributed by atoms with Crippen LogP contribution in [-0.2, 0) is 6.54 Å². The van der Waals surface area contributed by atoms with E-state index in [9.17, 15) is 4.79 Å². The van der Waals surface area contributed by atoms with Gasteiger partial charge in [0.1, 0.15) is 0 Å². The molecule has 0 unspecified atom stereocenters. The molecule has 2 aliphatic rings. The zero-order chi connectivity index (χ0) is 24.2. The monoisotopic (exact) mass is 474 g/mol. The van der Waals surface area contributed by atoms with Crippen molar-refractivity contribution in [1.29, 1.82) is 0 Å². The van der Waals surface area contributed by atoms with Gasteiger partial charge in [0.15, 0.2) is 5.65 Å². The smallest absolute Gasteiger partial charge is 0.252 e. The van der Waals surface area contributed by atoms with Crippen molar-refractivity contribution >= 4 is 16.9 Å². The number of carbonyl (C=O) groups excluding carboxylic acids is 1. The lowest BCUT2D eigenvalue weighted by Gasteiger charge is -2.34. The fourth-order valence-corrected chi connectivity index (χ4v) is 4.96. The van der Waals surface area contributed by atoms with E-state index in [0.29, 0.717) is 12.5 Å². The van der Waals surface area contributed by atoms with Gasteiger partial charge in [0.25, 0.3) is 5.91 Å². The Morgan fingerprint density at radius 1 is 1.06 bits per heavy atom. The van der Waals surface area contributed by atoms with Crippen LogP contribution in [0, 0.1) is 0 Å². The first kappa shape index (κ1) is 23.9. The van der Waals surface area contributed by atoms with Crippen LogP contribution >= 0.6 is 0 Å². The average molecular weight is 475 g/mol. The molecule has 3 heterocycles. The number of unbranched alkanes of at least 4 members (excludes halogenated alkanes) is 1. The van der Waals surface area contributed by atoms with E-state index in [1.165, 1.54) is 5.56 Å². The van der Waals surface area contributed by atoms with Crippen molar-refractivity contribution < 1.29 is 4.79 Å². The molecule has 2 fully saturated rings. The molecule has 0 bridgehead atoms. The number of benzene rings is 1. The summed E-state index contributed by atoms with van der Waals surface area (Å²) < 4.78 is 1.93. The van der Waals surface area contributed by atoms with Gasteiger partial charge in [-0.2, -0.15) is 5.10 Å². The first-order valence-corrected chi connectivity index (χ1v) is 13.2. The number of amides is 1. The van der Waals surface area contributed by atoms with Crippen molar-refractivity contribution in [2.24, 2.45) is 0 Å². The second-order valence-corrected chi connectivity index (χ2v) is 10.4. The third-order valence-electron chi connectivity index (χ3n) is 7.22. The summed E-state index contributed by atoms with van der Waals surface area (Å²) in [7, 11) is 0. The molecule has 0 spiro atoms. The summed E-state index contributed by atoms with van der Waals surface area (Å²) in [5.41, 5.74) is 3.99. The minimum Gasteiger partial charge on any atom is -0.352 e. The lowest BCUT2D eigenvalue weighted by atomic mass is 10.1. The molecule has 186 valence electrons. The number of pyridine rings is 1. The quantitative estimate of drug-likeness (QED) is 0.446. The van der Waals surface area contributed by atoms with Crippen molar-refractivity contribution in [2.45, 2.75) is 58.0 Å². The minimum absolute atomic E-state index is 0.00266. The Labute approximate surface area is 208 Å². The third-order valence-corrected chi connectivity index (χ3v) is 7.22. The molecule has 3 aromatic rings. The molecule has 1 aliphatic carbocycles. The third kappa shape index (κ3) is 5.90. The first-order valence-electron chi connectivity index (χ1n) is 13.2. The van der Waals surface area contributed by atoms with E-state index in [-0.39, 0.29) is 11.9 Å². The van der Waals surface area contributed by atoms with Gasteiger partial charge in [-0.3, -0.25) is 9.69 Å². The first-order chi connectivity index (χ1) is 17.1. The van der Waals surface area contributed by atoms with Crippen molar-refractivity contribution in [3.63, 3.8) is 0 Å². The molecule has 1 aromatic carbocycles. The van der Waals surface area contributed by atoms with Crippen LogP contribution in [0.3, 0.4) is 0 Å². The van der Waals surface area contributed by atoms with Crippen LogP contribution < -0.4 is 5.32 Å². The molecule has 35 heavy (non-hydrogen) atoms. The number of carbonyl (C=O) groups is 1. The minimum atomic E-state index is -0.00266. The van der Waals surface area contributed by atoms with E-state index in [1.807, 2.05) is 10.7 Å². The normalized spacial score (nSPS) is 17.3. The summed E-state index contributed by atoms with van der Waals surface area (Å²) in [4.78, 5) is 23.0. The van der Waals surface area contributed by atoms with Gasteiger partial charge in [-0.05, 0) is 57.7 Å². The predicted molar refractivity (Wildman–Crippen MR) is 140 cm³/mol. The fraction of sp³-hybridized carbons (Fsp3) is 0.536. The summed E-state index contributed by atoms with van der Waals surface area (Å²) in [5.74, 6) is 0.492. The Balaban J connectivity index is 1.07. The number of aromatic nitrogens is 3. The number of nitrogens with zero attached hydrogens (tertiary/aromatic N) is 5. The maximum Gasteiger partial charge on any atom is 0.252 e. The molecule has 1 amide bonds. The lowest BCUT2D eigenvalue weighted by Crippen LogP contribution is -2.46. The molecule has 1 saturated heterocycles. The van der Waals surface area contributed by atoms with E-state index in [4.69, 9.17) is 4.98 Å². The van der Waals surface area contributed by atoms with Crippen LogP contribution in [0.2, 0.25) is 0 Å². The molecule has 1 N–H and O–H groups in total. The number of hydrogen-bond acceptors (Lipinski definition) is 5. The van der Waals surface area contributed by atoms with Gasteiger partial charge in [0.2, 0.25) is 0 Å². The second kappa shape index (κ2) is 10.9. The van der Waals surface area contributed by atoms with Gasteiger partial charge in [-0.25, -0.2) is 9.67 Å². The number of nitrogens with one attached hydrogen (secondary N) is 1. The topological polar surface area (TPSA) is 66.3 Å².